The van der Waals surface area contributed by atoms with E-state index in [2.05, 4.69) is 0 Å². The Hall–Kier alpha value is -2.22. The Bertz CT molecular complexity index is 610. The van der Waals surface area contributed by atoms with Gasteiger partial charge in [-0.2, -0.15) is 11.8 Å². The van der Waals surface area contributed by atoms with E-state index in [0.29, 0.717) is 24.5 Å². The summed E-state index contributed by atoms with van der Waals surface area (Å²) in [5.41, 5.74) is 1.11. The number of thioether (sulfide) groups is 1. The summed E-state index contributed by atoms with van der Waals surface area (Å²) in [5.74, 6) is -0.556. The molecule has 136 valence electrons. The van der Waals surface area contributed by atoms with Crippen molar-refractivity contribution in [2.45, 2.75) is 18.9 Å². The number of rotatable bonds is 7. The molecule has 0 aromatic heterocycles. The van der Waals surface area contributed by atoms with Gasteiger partial charge in [0, 0.05) is 24.6 Å². The first-order valence-corrected chi connectivity index (χ1v) is 9.26. The summed E-state index contributed by atoms with van der Waals surface area (Å²) in [6, 6.07) is 8.91. The van der Waals surface area contributed by atoms with E-state index in [-0.39, 0.29) is 6.54 Å². The Kier molecular flexibility index (Phi) is 7.12. The van der Waals surface area contributed by atoms with Gasteiger partial charge >= 0.3 is 12.1 Å². The van der Waals surface area contributed by atoms with Crippen LogP contribution in [0, 0.1) is 0 Å². The first-order chi connectivity index (χ1) is 12.0. The zero-order valence-electron chi connectivity index (χ0n) is 13.8. The molecule has 0 radical (unpaired) electrons. The maximum atomic E-state index is 12.6. The predicted molar refractivity (Wildman–Crippen MR) is 94.8 cm³/mol. The average molecular weight is 366 g/mol. The molecule has 0 bridgehead atoms. The Labute approximate surface area is 150 Å². The van der Waals surface area contributed by atoms with E-state index in [9.17, 15) is 19.5 Å². The summed E-state index contributed by atoms with van der Waals surface area (Å²) < 4.78 is 0. The van der Waals surface area contributed by atoms with Crippen molar-refractivity contribution >= 4 is 29.7 Å². The fourth-order valence-corrected chi connectivity index (χ4v) is 3.85. The number of hydrogen-bond donors (Lipinski definition) is 2. The van der Waals surface area contributed by atoms with Crippen LogP contribution in [0.25, 0.3) is 0 Å². The quantitative estimate of drug-likeness (QED) is 0.761. The van der Waals surface area contributed by atoms with E-state index in [1.165, 1.54) is 16.7 Å². The van der Waals surface area contributed by atoms with Crippen LogP contribution in [0.15, 0.2) is 30.3 Å². The molecule has 7 nitrogen and oxygen atoms in total. The first kappa shape index (κ1) is 19.1. The summed E-state index contributed by atoms with van der Waals surface area (Å²) in [6.07, 6.45) is 0.172. The number of aryl methyl sites for hydroxylation is 1. The summed E-state index contributed by atoms with van der Waals surface area (Å²) in [7, 11) is 0. The lowest BCUT2D eigenvalue weighted by atomic mass is 10.1. The van der Waals surface area contributed by atoms with Gasteiger partial charge in [0.15, 0.2) is 0 Å². The largest absolute Gasteiger partial charge is 0.480 e. The minimum Gasteiger partial charge on any atom is -0.480 e. The van der Waals surface area contributed by atoms with E-state index in [1.54, 1.807) is 0 Å². The molecule has 1 aromatic rings. The summed E-state index contributed by atoms with van der Waals surface area (Å²) in [6.45, 7) is 0.166. The molecule has 0 aliphatic carbocycles. The van der Waals surface area contributed by atoms with Crippen molar-refractivity contribution in [1.29, 1.82) is 0 Å². The van der Waals surface area contributed by atoms with Crippen molar-refractivity contribution < 1.29 is 24.6 Å². The Morgan fingerprint density at radius 1 is 1.24 bits per heavy atom. The van der Waals surface area contributed by atoms with Crippen LogP contribution in [-0.2, 0) is 16.0 Å². The van der Waals surface area contributed by atoms with Crippen LogP contribution in [-0.4, -0.2) is 75.2 Å². The lowest BCUT2D eigenvalue weighted by Gasteiger charge is -2.30. The first-order valence-electron chi connectivity index (χ1n) is 8.11. The van der Waals surface area contributed by atoms with Gasteiger partial charge < -0.3 is 15.1 Å². The van der Waals surface area contributed by atoms with Gasteiger partial charge in [0.1, 0.15) is 12.6 Å². The molecule has 1 heterocycles. The molecule has 2 N–H and O–H groups in total. The van der Waals surface area contributed by atoms with Crippen molar-refractivity contribution in [2.75, 3.05) is 31.1 Å². The molecule has 0 unspecified atom stereocenters. The van der Waals surface area contributed by atoms with Gasteiger partial charge in [-0.1, -0.05) is 30.3 Å². The third-order valence-corrected chi connectivity index (χ3v) is 5.06. The molecule has 1 atom stereocenters. The number of carboxylic acid groups (broad SMARTS) is 2. The van der Waals surface area contributed by atoms with Gasteiger partial charge in [-0.3, -0.25) is 14.5 Å². The molecule has 1 aromatic carbocycles. The van der Waals surface area contributed by atoms with Crippen LogP contribution in [0.5, 0.6) is 0 Å². The fraction of sp³-hybridized carbons (Fsp3) is 0.471. The van der Waals surface area contributed by atoms with Gasteiger partial charge in [0.2, 0.25) is 5.91 Å². The van der Waals surface area contributed by atoms with Gasteiger partial charge in [-0.15, -0.1) is 0 Å². The van der Waals surface area contributed by atoms with Crippen LogP contribution in [0.2, 0.25) is 0 Å². The molecule has 2 amide bonds. The smallest absolute Gasteiger partial charge is 0.408 e. The molecular formula is C17H22N2O5S. The SMILES string of the molecule is O=C(O)CN1CCSC[C@H](N(CCCc2ccccc2)C(=O)O)C1=O. The Balaban J connectivity index is 2.02. The van der Waals surface area contributed by atoms with Crippen LogP contribution in [0.3, 0.4) is 0 Å². The van der Waals surface area contributed by atoms with Crippen LogP contribution >= 0.6 is 11.8 Å². The highest BCUT2D eigenvalue weighted by atomic mass is 32.2. The minimum absolute atomic E-state index is 0.238. The molecular weight excluding hydrogens is 344 g/mol. The molecule has 1 aliphatic rings. The Morgan fingerprint density at radius 3 is 2.60 bits per heavy atom. The fourth-order valence-electron chi connectivity index (χ4n) is 2.79. The van der Waals surface area contributed by atoms with Gasteiger partial charge in [0.05, 0.1) is 0 Å². The topological polar surface area (TPSA) is 98.2 Å². The highest BCUT2D eigenvalue weighted by Gasteiger charge is 2.35. The second-order valence-corrected chi connectivity index (χ2v) is 6.96. The molecule has 0 saturated carbocycles. The molecule has 8 heteroatoms. The van der Waals surface area contributed by atoms with Crippen LogP contribution in [0.4, 0.5) is 4.79 Å². The lowest BCUT2D eigenvalue weighted by Crippen LogP contribution is -2.52. The number of carbonyl (C=O) groups is 3. The van der Waals surface area contributed by atoms with Crippen molar-refractivity contribution in [3.63, 3.8) is 0 Å². The van der Waals surface area contributed by atoms with E-state index in [1.807, 2.05) is 30.3 Å². The molecule has 1 fully saturated rings. The number of carbonyl (C=O) groups excluding carboxylic acids is 1. The standard InChI is InChI=1S/C17H22N2O5S/c20-15(21)11-18-9-10-25-12-14(16(18)22)19(17(23)24)8-4-7-13-5-2-1-3-6-13/h1-3,5-6,14H,4,7-12H2,(H,20,21)(H,23,24)/t14-/m0/s1. The van der Waals surface area contributed by atoms with E-state index >= 15 is 0 Å². The molecule has 1 aliphatic heterocycles. The summed E-state index contributed by atoms with van der Waals surface area (Å²) in [4.78, 5) is 37.6. The second kappa shape index (κ2) is 9.31. The second-order valence-electron chi connectivity index (χ2n) is 5.81. The monoisotopic (exact) mass is 366 g/mol. The summed E-state index contributed by atoms with van der Waals surface area (Å²) >= 11 is 1.47. The highest BCUT2D eigenvalue weighted by Crippen LogP contribution is 2.18. The number of aliphatic carboxylic acids is 1. The molecule has 25 heavy (non-hydrogen) atoms. The Morgan fingerprint density at radius 2 is 1.96 bits per heavy atom. The maximum absolute atomic E-state index is 12.6. The summed E-state index contributed by atoms with van der Waals surface area (Å²) in [5, 5.41) is 18.5. The van der Waals surface area contributed by atoms with Gasteiger partial charge in [0.25, 0.3) is 0 Å². The van der Waals surface area contributed by atoms with Crippen molar-refractivity contribution in [3.05, 3.63) is 35.9 Å². The molecule has 1 saturated heterocycles. The number of hydrogen-bond acceptors (Lipinski definition) is 4. The lowest BCUT2D eigenvalue weighted by molar-refractivity contribution is -0.145. The van der Waals surface area contributed by atoms with Crippen LogP contribution < -0.4 is 0 Å². The van der Waals surface area contributed by atoms with Gasteiger partial charge in [-0.05, 0) is 18.4 Å². The van der Waals surface area contributed by atoms with E-state index in [0.717, 1.165) is 16.9 Å². The minimum atomic E-state index is -1.15. The third kappa shape index (κ3) is 5.67. The number of amides is 2. The average Bonchev–Trinajstić information content (AvgIpc) is 2.74. The van der Waals surface area contributed by atoms with Crippen LogP contribution in [0.1, 0.15) is 12.0 Å². The number of nitrogens with zero attached hydrogens (tertiary/aromatic N) is 2. The normalized spacial score (nSPS) is 17.8. The van der Waals surface area contributed by atoms with E-state index in [4.69, 9.17) is 5.11 Å². The zero-order chi connectivity index (χ0) is 18.2. The molecule has 2 rings (SSSR count). The predicted octanol–water partition coefficient (Wildman–Crippen LogP) is 1.63. The number of carboxylic acids is 1. The van der Waals surface area contributed by atoms with Crippen molar-refractivity contribution in [2.24, 2.45) is 0 Å². The molecule has 0 spiro atoms. The van der Waals surface area contributed by atoms with Crippen molar-refractivity contribution in [1.82, 2.24) is 9.80 Å². The van der Waals surface area contributed by atoms with Crippen molar-refractivity contribution in [3.8, 4) is 0 Å². The van der Waals surface area contributed by atoms with E-state index < -0.39 is 30.6 Å². The highest BCUT2D eigenvalue weighted by molar-refractivity contribution is 7.99. The zero-order valence-corrected chi connectivity index (χ0v) is 14.7. The maximum Gasteiger partial charge on any atom is 0.408 e. The number of benzene rings is 1. The van der Waals surface area contributed by atoms with Gasteiger partial charge in [-0.25, -0.2) is 4.79 Å². The third-order valence-electron chi connectivity index (χ3n) is 4.03.